The van der Waals surface area contributed by atoms with Gasteiger partial charge in [-0.15, -0.1) is 0 Å². The highest BCUT2D eigenvalue weighted by atomic mass is 35.5. The zero-order chi connectivity index (χ0) is 14.7. The lowest BCUT2D eigenvalue weighted by Gasteiger charge is -2.20. The second kappa shape index (κ2) is 5.75. The lowest BCUT2D eigenvalue weighted by molar-refractivity contribution is -0.135. The summed E-state index contributed by atoms with van der Waals surface area (Å²) < 4.78 is 1.48. The van der Waals surface area contributed by atoms with E-state index in [9.17, 15) is 9.59 Å². The molecule has 6 nitrogen and oxygen atoms in total. The molecule has 0 saturated heterocycles. The van der Waals surface area contributed by atoms with Crippen molar-refractivity contribution >= 4 is 29.2 Å². The average Bonchev–Trinajstić information content (AvgIpc) is 2.83. The molecule has 1 heterocycles. The Bertz CT molecular complexity index is 637. The summed E-state index contributed by atoms with van der Waals surface area (Å²) >= 11 is 5.79. The molecule has 1 N–H and O–H groups in total. The number of aryl methyl sites for hydroxylation is 1. The van der Waals surface area contributed by atoms with E-state index in [2.05, 4.69) is 5.10 Å². The molecule has 2 rings (SSSR count). The number of carbonyl (C=O) groups is 2. The first kappa shape index (κ1) is 14.1. The number of aliphatic carboxylic acids is 1. The fraction of sp³-hybridized carbons (Fsp3) is 0.154. The van der Waals surface area contributed by atoms with Crippen molar-refractivity contribution in [2.45, 2.75) is 0 Å². The number of hydrogen-bond acceptors (Lipinski definition) is 3. The van der Waals surface area contributed by atoms with Crippen LogP contribution in [0.4, 0.5) is 5.69 Å². The normalized spacial score (nSPS) is 10.3. The van der Waals surface area contributed by atoms with Crippen LogP contribution in [-0.2, 0) is 11.8 Å². The van der Waals surface area contributed by atoms with Gasteiger partial charge in [0.15, 0.2) is 0 Å². The van der Waals surface area contributed by atoms with Crippen LogP contribution >= 0.6 is 11.6 Å². The van der Waals surface area contributed by atoms with Gasteiger partial charge in [-0.25, -0.2) is 0 Å². The van der Waals surface area contributed by atoms with Crippen LogP contribution in [0.15, 0.2) is 36.7 Å². The minimum atomic E-state index is -1.10. The summed E-state index contributed by atoms with van der Waals surface area (Å²) in [7, 11) is 1.68. The van der Waals surface area contributed by atoms with Crippen LogP contribution in [0.25, 0.3) is 0 Å². The molecule has 104 valence electrons. The van der Waals surface area contributed by atoms with Crippen LogP contribution in [0.5, 0.6) is 0 Å². The smallest absolute Gasteiger partial charge is 0.323 e. The molecule has 1 aromatic heterocycles. The molecule has 0 aliphatic heterocycles. The molecule has 0 spiro atoms. The Hall–Kier alpha value is -2.34. The maximum absolute atomic E-state index is 12.4. The first-order valence-corrected chi connectivity index (χ1v) is 6.13. The standard InChI is InChI=1S/C13H12ClN3O3/c1-16-7-9(6-15-16)13(20)17(8-12(18)19)11-4-2-10(14)3-5-11/h2-7H,8H2,1H3,(H,18,19). The zero-order valence-corrected chi connectivity index (χ0v) is 11.4. The van der Waals surface area contributed by atoms with Crippen molar-refractivity contribution in [3.8, 4) is 0 Å². The minimum absolute atomic E-state index is 0.323. The highest BCUT2D eigenvalue weighted by Crippen LogP contribution is 2.20. The van der Waals surface area contributed by atoms with Crippen LogP contribution in [0.3, 0.4) is 0 Å². The molecule has 0 saturated carbocycles. The second-order valence-corrected chi connectivity index (χ2v) is 4.60. The maximum Gasteiger partial charge on any atom is 0.323 e. The summed E-state index contributed by atoms with van der Waals surface area (Å²) in [6.45, 7) is -0.435. The second-order valence-electron chi connectivity index (χ2n) is 4.16. The van der Waals surface area contributed by atoms with E-state index in [0.717, 1.165) is 4.90 Å². The topological polar surface area (TPSA) is 75.4 Å². The van der Waals surface area contributed by atoms with E-state index in [-0.39, 0.29) is 0 Å². The van der Waals surface area contributed by atoms with Crippen LogP contribution in [-0.4, -0.2) is 33.3 Å². The number of anilines is 1. The van der Waals surface area contributed by atoms with Gasteiger partial charge in [0.25, 0.3) is 5.91 Å². The number of benzene rings is 1. The fourth-order valence-electron chi connectivity index (χ4n) is 1.72. The Morgan fingerprint density at radius 3 is 2.50 bits per heavy atom. The van der Waals surface area contributed by atoms with E-state index in [4.69, 9.17) is 16.7 Å². The van der Waals surface area contributed by atoms with E-state index in [1.807, 2.05) is 0 Å². The van der Waals surface area contributed by atoms with Crippen molar-refractivity contribution in [3.63, 3.8) is 0 Å². The fourth-order valence-corrected chi connectivity index (χ4v) is 1.85. The number of carboxylic acid groups (broad SMARTS) is 1. The van der Waals surface area contributed by atoms with Crippen LogP contribution in [0, 0.1) is 0 Å². The summed E-state index contributed by atoms with van der Waals surface area (Å²) in [6, 6.07) is 6.39. The van der Waals surface area contributed by atoms with Crippen molar-refractivity contribution in [3.05, 3.63) is 47.2 Å². The van der Waals surface area contributed by atoms with Gasteiger partial charge in [-0.1, -0.05) is 11.6 Å². The van der Waals surface area contributed by atoms with Crippen molar-refractivity contribution in [2.75, 3.05) is 11.4 Å². The molecule has 0 unspecified atom stereocenters. The number of halogens is 1. The Kier molecular flexibility index (Phi) is 4.05. The monoisotopic (exact) mass is 293 g/mol. The number of amides is 1. The summed E-state index contributed by atoms with van der Waals surface area (Å²) in [5, 5.41) is 13.4. The number of rotatable bonds is 4. The van der Waals surface area contributed by atoms with Gasteiger partial charge in [-0.2, -0.15) is 5.10 Å². The molecule has 20 heavy (non-hydrogen) atoms. The molecule has 2 aromatic rings. The van der Waals surface area contributed by atoms with E-state index >= 15 is 0 Å². The van der Waals surface area contributed by atoms with Gasteiger partial charge in [0.2, 0.25) is 0 Å². The van der Waals surface area contributed by atoms with E-state index in [1.165, 1.54) is 17.1 Å². The van der Waals surface area contributed by atoms with Gasteiger partial charge in [-0.3, -0.25) is 19.2 Å². The van der Waals surface area contributed by atoms with Gasteiger partial charge < -0.3 is 5.11 Å². The number of carboxylic acids is 1. The van der Waals surface area contributed by atoms with E-state index in [1.54, 1.807) is 31.3 Å². The quantitative estimate of drug-likeness (QED) is 0.933. The molecule has 0 aliphatic rings. The number of aromatic nitrogens is 2. The molecular formula is C13H12ClN3O3. The number of hydrogen-bond donors (Lipinski definition) is 1. The molecule has 1 aromatic carbocycles. The Morgan fingerprint density at radius 1 is 1.35 bits per heavy atom. The Balaban J connectivity index is 2.34. The first-order chi connectivity index (χ1) is 9.47. The summed E-state index contributed by atoms with van der Waals surface area (Å²) in [5.74, 6) is -1.53. The minimum Gasteiger partial charge on any atom is -0.480 e. The van der Waals surface area contributed by atoms with E-state index in [0.29, 0.717) is 16.3 Å². The van der Waals surface area contributed by atoms with Gasteiger partial charge in [0.05, 0.1) is 11.8 Å². The summed E-state index contributed by atoms with van der Waals surface area (Å²) in [5.41, 5.74) is 0.786. The zero-order valence-electron chi connectivity index (χ0n) is 10.7. The average molecular weight is 294 g/mol. The van der Waals surface area contributed by atoms with Crippen molar-refractivity contribution < 1.29 is 14.7 Å². The third kappa shape index (κ3) is 3.16. The van der Waals surface area contributed by atoms with Crippen LogP contribution in [0.1, 0.15) is 10.4 Å². The third-order valence-electron chi connectivity index (χ3n) is 2.63. The summed E-state index contributed by atoms with van der Waals surface area (Å²) in [6.07, 6.45) is 2.93. The lowest BCUT2D eigenvalue weighted by atomic mass is 10.2. The van der Waals surface area contributed by atoms with Crippen molar-refractivity contribution in [2.24, 2.45) is 7.05 Å². The predicted molar refractivity (Wildman–Crippen MR) is 74.0 cm³/mol. The first-order valence-electron chi connectivity index (χ1n) is 5.75. The van der Waals surface area contributed by atoms with E-state index < -0.39 is 18.4 Å². The van der Waals surface area contributed by atoms with Crippen molar-refractivity contribution in [1.29, 1.82) is 0 Å². The van der Waals surface area contributed by atoms with Crippen LogP contribution in [0.2, 0.25) is 5.02 Å². The maximum atomic E-state index is 12.4. The Labute approximate surface area is 120 Å². The number of nitrogens with zero attached hydrogens (tertiary/aromatic N) is 3. The molecule has 0 bridgehead atoms. The molecule has 7 heteroatoms. The van der Waals surface area contributed by atoms with Gasteiger partial charge in [0.1, 0.15) is 6.54 Å². The number of carbonyl (C=O) groups excluding carboxylic acids is 1. The molecule has 0 atom stereocenters. The van der Waals surface area contributed by atoms with Gasteiger partial charge in [0, 0.05) is 24.0 Å². The van der Waals surface area contributed by atoms with Gasteiger partial charge in [-0.05, 0) is 24.3 Å². The Morgan fingerprint density at radius 2 is 2.00 bits per heavy atom. The van der Waals surface area contributed by atoms with Gasteiger partial charge >= 0.3 is 5.97 Å². The predicted octanol–water partition coefficient (Wildman–Crippen LogP) is 1.80. The molecule has 1 amide bonds. The molecule has 0 radical (unpaired) electrons. The van der Waals surface area contributed by atoms with Crippen LogP contribution < -0.4 is 4.90 Å². The largest absolute Gasteiger partial charge is 0.480 e. The third-order valence-corrected chi connectivity index (χ3v) is 2.88. The molecular weight excluding hydrogens is 282 g/mol. The molecule has 0 fully saturated rings. The highest BCUT2D eigenvalue weighted by molar-refractivity contribution is 6.30. The molecule has 0 aliphatic carbocycles. The highest BCUT2D eigenvalue weighted by Gasteiger charge is 2.21. The SMILES string of the molecule is Cn1cc(C(=O)N(CC(=O)O)c2ccc(Cl)cc2)cn1. The lowest BCUT2D eigenvalue weighted by Crippen LogP contribution is -2.35. The summed E-state index contributed by atoms with van der Waals surface area (Å²) in [4.78, 5) is 24.5. The van der Waals surface area contributed by atoms with Crippen molar-refractivity contribution in [1.82, 2.24) is 9.78 Å².